The molecule has 2 aromatic carbocycles. The Morgan fingerprint density at radius 1 is 1.04 bits per heavy atom. The average Bonchev–Trinajstić information content (AvgIpc) is 2.59. The molecule has 0 radical (unpaired) electrons. The van der Waals surface area contributed by atoms with Gasteiger partial charge in [0.2, 0.25) is 10.0 Å². The monoisotopic (exact) mass is 334 g/mol. The van der Waals surface area contributed by atoms with Gasteiger partial charge in [0.05, 0.1) is 4.90 Å². The number of amides is 1. The van der Waals surface area contributed by atoms with Gasteiger partial charge < -0.3 is 10.1 Å². The van der Waals surface area contributed by atoms with Crippen molar-refractivity contribution in [3.63, 3.8) is 0 Å². The summed E-state index contributed by atoms with van der Waals surface area (Å²) in [6, 6.07) is 15.2. The van der Waals surface area contributed by atoms with Crippen LogP contribution in [0.15, 0.2) is 59.5 Å². The Kier molecular flexibility index (Phi) is 5.72. The van der Waals surface area contributed by atoms with E-state index in [0.717, 1.165) is 5.56 Å². The Morgan fingerprint density at radius 3 is 2.30 bits per heavy atom. The van der Waals surface area contributed by atoms with Crippen molar-refractivity contribution in [1.82, 2.24) is 10.0 Å². The van der Waals surface area contributed by atoms with Crippen molar-refractivity contribution in [3.05, 3.63) is 60.2 Å². The highest BCUT2D eigenvalue weighted by molar-refractivity contribution is 7.89. The molecule has 2 rings (SSSR count). The summed E-state index contributed by atoms with van der Waals surface area (Å²) < 4.78 is 32.2. The first-order chi connectivity index (χ1) is 11.0. The Labute approximate surface area is 135 Å². The molecule has 2 N–H and O–H groups in total. The Morgan fingerprint density at radius 2 is 1.70 bits per heavy atom. The minimum Gasteiger partial charge on any atom is -0.484 e. The third-order valence-corrected chi connectivity index (χ3v) is 4.51. The molecule has 0 saturated heterocycles. The van der Waals surface area contributed by atoms with E-state index in [4.69, 9.17) is 4.74 Å². The van der Waals surface area contributed by atoms with Crippen LogP contribution in [0.5, 0.6) is 5.75 Å². The quantitative estimate of drug-likeness (QED) is 0.799. The van der Waals surface area contributed by atoms with Crippen LogP contribution in [-0.4, -0.2) is 28.0 Å². The van der Waals surface area contributed by atoms with Crippen LogP contribution in [-0.2, 0) is 21.4 Å². The van der Waals surface area contributed by atoms with E-state index >= 15 is 0 Å². The van der Waals surface area contributed by atoms with Crippen molar-refractivity contribution in [1.29, 1.82) is 0 Å². The molecule has 7 heteroatoms. The molecule has 2 aromatic rings. The predicted octanol–water partition coefficient (Wildman–Crippen LogP) is 1.29. The Balaban J connectivity index is 1.98. The van der Waals surface area contributed by atoms with Gasteiger partial charge in [-0.3, -0.25) is 4.79 Å². The molecular formula is C16H18N2O4S. The fourth-order valence-electron chi connectivity index (χ4n) is 1.79. The summed E-state index contributed by atoms with van der Waals surface area (Å²) in [4.78, 5) is 11.2. The van der Waals surface area contributed by atoms with Gasteiger partial charge in [-0.25, -0.2) is 13.1 Å². The lowest BCUT2D eigenvalue weighted by Gasteiger charge is -2.08. The molecule has 122 valence electrons. The highest BCUT2D eigenvalue weighted by Crippen LogP contribution is 2.16. The number of sulfonamides is 1. The summed E-state index contributed by atoms with van der Waals surface area (Å²) in [7, 11) is -2.08. The van der Waals surface area contributed by atoms with Gasteiger partial charge in [0, 0.05) is 13.6 Å². The molecule has 0 aliphatic heterocycles. The normalized spacial score (nSPS) is 11.0. The van der Waals surface area contributed by atoms with E-state index in [1.54, 1.807) is 0 Å². The lowest BCUT2D eigenvalue weighted by Crippen LogP contribution is -2.25. The molecule has 0 atom stereocenters. The van der Waals surface area contributed by atoms with Crippen molar-refractivity contribution in [2.24, 2.45) is 0 Å². The molecule has 0 bridgehead atoms. The lowest BCUT2D eigenvalue weighted by atomic mass is 10.2. The predicted molar refractivity (Wildman–Crippen MR) is 86.5 cm³/mol. The fourth-order valence-corrected chi connectivity index (χ4v) is 2.81. The number of hydrogen-bond donors (Lipinski definition) is 2. The first-order valence-electron chi connectivity index (χ1n) is 6.98. The first-order valence-corrected chi connectivity index (χ1v) is 8.46. The number of hydrogen-bond acceptors (Lipinski definition) is 4. The van der Waals surface area contributed by atoms with E-state index in [1.807, 2.05) is 30.3 Å². The zero-order valence-corrected chi connectivity index (χ0v) is 13.5. The second-order valence-electron chi connectivity index (χ2n) is 4.74. The van der Waals surface area contributed by atoms with Crippen LogP contribution < -0.4 is 14.8 Å². The molecular weight excluding hydrogens is 316 g/mol. The number of carbonyl (C=O) groups is 1. The van der Waals surface area contributed by atoms with Crippen LogP contribution in [0, 0.1) is 0 Å². The zero-order valence-electron chi connectivity index (χ0n) is 12.7. The lowest BCUT2D eigenvalue weighted by molar-refractivity contribution is -0.122. The van der Waals surface area contributed by atoms with Gasteiger partial charge in [0.1, 0.15) is 5.75 Å². The molecule has 1 amide bonds. The van der Waals surface area contributed by atoms with Gasteiger partial charge >= 0.3 is 0 Å². The highest BCUT2D eigenvalue weighted by Gasteiger charge is 2.13. The number of carbonyl (C=O) groups excluding carboxylic acids is 1. The van der Waals surface area contributed by atoms with Crippen LogP contribution in [0.3, 0.4) is 0 Å². The van der Waals surface area contributed by atoms with Crippen LogP contribution in [0.2, 0.25) is 0 Å². The third-order valence-electron chi connectivity index (χ3n) is 3.09. The first kappa shape index (κ1) is 17.0. The van der Waals surface area contributed by atoms with Crippen molar-refractivity contribution >= 4 is 15.9 Å². The maximum absolute atomic E-state index is 12.2. The molecule has 0 unspecified atom stereocenters. The van der Waals surface area contributed by atoms with Gasteiger partial charge in [-0.05, 0) is 29.8 Å². The Hall–Kier alpha value is -2.38. The number of likely N-dealkylation sites (N-methyl/N-ethyl adjacent to an activating group) is 1. The number of ether oxygens (including phenoxy) is 1. The van der Waals surface area contributed by atoms with E-state index in [0.29, 0.717) is 5.75 Å². The molecule has 23 heavy (non-hydrogen) atoms. The largest absolute Gasteiger partial charge is 0.484 e. The molecule has 0 aliphatic carbocycles. The van der Waals surface area contributed by atoms with Gasteiger partial charge in [-0.2, -0.15) is 0 Å². The fraction of sp³-hybridized carbons (Fsp3) is 0.188. The SMILES string of the molecule is CNC(=O)COc1ccc(S(=O)(=O)NCc2ccccc2)cc1. The molecule has 0 heterocycles. The summed E-state index contributed by atoms with van der Waals surface area (Å²) in [6.07, 6.45) is 0. The van der Waals surface area contributed by atoms with E-state index in [9.17, 15) is 13.2 Å². The molecule has 0 fully saturated rings. The summed E-state index contributed by atoms with van der Waals surface area (Å²) in [6.45, 7) is 0.104. The van der Waals surface area contributed by atoms with Gasteiger partial charge in [0.25, 0.3) is 5.91 Å². The second-order valence-corrected chi connectivity index (χ2v) is 6.51. The second kappa shape index (κ2) is 7.75. The Bertz CT molecular complexity index is 743. The molecule has 0 saturated carbocycles. The molecule has 6 nitrogen and oxygen atoms in total. The summed E-state index contributed by atoms with van der Waals surface area (Å²) in [5.74, 6) is 0.168. The third kappa shape index (κ3) is 5.08. The van der Waals surface area contributed by atoms with Crippen LogP contribution >= 0.6 is 0 Å². The average molecular weight is 334 g/mol. The molecule has 0 aromatic heterocycles. The number of benzene rings is 2. The van der Waals surface area contributed by atoms with E-state index in [2.05, 4.69) is 10.0 Å². The van der Waals surface area contributed by atoms with Crippen molar-refractivity contribution < 1.29 is 17.9 Å². The van der Waals surface area contributed by atoms with Crippen molar-refractivity contribution in [2.45, 2.75) is 11.4 Å². The summed E-state index contributed by atoms with van der Waals surface area (Å²) in [5, 5.41) is 2.43. The van der Waals surface area contributed by atoms with Crippen molar-refractivity contribution in [2.75, 3.05) is 13.7 Å². The summed E-state index contributed by atoms with van der Waals surface area (Å²) >= 11 is 0. The maximum Gasteiger partial charge on any atom is 0.257 e. The number of nitrogens with one attached hydrogen (secondary N) is 2. The number of rotatable bonds is 7. The minimum absolute atomic E-state index is 0.116. The summed E-state index contributed by atoms with van der Waals surface area (Å²) in [5.41, 5.74) is 0.876. The minimum atomic E-state index is -3.60. The molecule has 0 spiro atoms. The van der Waals surface area contributed by atoms with Gasteiger partial charge in [-0.1, -0.05) is 30.3 Å². The highest BCUT2D eigenvalue weighted by atomic mass is 32.2. The smallest absolute Gasteiger partial charge is 0.257 e. The van der Waals surface area contributed by atoms with Gasteiger partial charge in [0.15, 0.2) is 6.61 Å². The van der Waals surface area contributed by atoms with Crippen LogP contribution in [0.1, 0.15) is 5.56 Å². The molecule has 0 aliphatic rings. The van der Waals surface area contributed by atoms with Crippen molar-refractivity contribution in [3.8, 4) is 5.75 Å². The topological polar surface area (TPSA) is 84.5 Å². The van der Waals surface area contributed by atoms with E-state index in [-0.39, 0.29) is 24.0 Å². The van der Waals surface area contributed by atoms with E-state index in [1.165, 1.54) is 31.3 Å². The standard InChI is InChI=1S/C16H18N2O4S/c1-17-16(19)12-22-14-7-9-15(10-8-14)23(20,21)18-11-13-5-3-2-4-6-13/h2-10,18H,11-12H2,1H3,(H,17,19). The maximum atomic E-state index is 12.2. The van der Waals surface area contributed by atoms with Crippen LogP contribution in [0.25, 0.3) is 0 Å². The van der Waals surface area contributed by atoms with E-state index < -0.39 is 10.0 Å². The zero-order chi connectivity index (χ0) is 16.7. The van der Waals surface area contributed by atoms with Gasteiger partial charge in [-0.15, -0.1) is 0 Å². The van der Waals surface area contributed by atoms with Crippen LogP contribution in [0.4, 0.5) is 0 Å².